The van der Waals surface area contributed by atoms with Crippen LogP contribution in [0.15, 0.2) is 23.6 Å². The lowest BCUT2D eigenvalue weighted by molar-refractivity contribution is -0.126. The smallest absolute Gasteiger partial charge is 0.263 e. The van der Waals surface area contributed by atoms with Gasteiger partial charge in [-0.15, -0.1) is 22.7 Å². The SMILES string of the molecule is CC(C)(C)C1CCc2sc(C(=O)N3CCC(C(=O)NCCc4cccs4)CC3)cc2C1. The first-order valence-corrected chi connectivity index (χ1v) is 13.2. The first kappa shape index (κ1) is 22.5. The number of nitrogens with zero attached hydrogens (tertiary/aromatic N) is 1. The van der Waals surface area contributed by atoms with E-state index in [2.05, 4.69) is 43.6 Å². The summed E-state index contributed by atoms with van der Waals surface area (Å²) in [5.74, 6) is 1.01. The van der Waals surface area contributed by atoms with E-state index in [4.69, 9.17) is 0 Å². The van der Waals surface area contributed by atoms with Crippen LogP contribution in [-0.2, 0) is 24.1 Å². The third kappa shape index (κ3) is 5.40. The minimum atomic E-state index is 0.0245. The summed E-state index contributed by atoms with van der Waals surface area (Å²) in [6.45, 7) is 9.01. The Balaban J connectivity index is 1.27. The molecular formula is C25H34N2O2S2. The van der Waals surface area contributed by atoms with Crippen molar-refractivity contribution in [1.29, 1.82) is 0 Å². The van der Waals surface area contributed by atoms with Gasteiger partial charge in [0.25, 0.3) is 5.91 Å². The number of hydrogen-bond acceptors (Lipinski definition) is 4. The number of carbonyl (C=O) groups excluding carboxylic acids is 2. The summed E-state index contributed by atoms with van der Waals surface area (Å²) in [4.78, 5) is 31.2. The summed E-state index contributed by atoms with van der Waals surface area (Å²) in [5.41, 5.74) is 1.70. The zero-order valence-electron chi connectivity index (χ0n) is 18.9. The van der Waals surface area contributed by atoms with E-state index < -0.39 is 0 Å². The van der Waals surface area contributed by atoms with Crippen LogP contribution in [0, 0.1) is 17.3 Å². The molecule has 0 bridgehead atoms. The van der Waals surface area contributed by atoms with Gasteiger partial charge in [-0.3, -0.25) is 9.59 Å². The van der Waals surface area contributed by atoms with Gasteiger partial charge in [-0.1, -0.05) is 26.8 Å². The predicted molar refractivity (Wildman–Crippen MR) is 129 cm³/mol. The lowest BCUT2D eigenvalue weighted by Crippen LogP contribution is -2.43. The van der Waals surface area contributed by atoms with Gasteiger partial charge in [-0.05, 0) is 72.9 Å². The number of rotatable bonds is 5. The maximum atomic E-state index is 13.1. The lowest BCUT2D eigenvalue weighted by atomic mass is 9.72. The number of hydrogen-bond donors (Lipinski definition) is 1. The second-order valence-electron chi connectivity index (χ2n) is 10.1. The number of carbonyl (C=O) groups is 2. The fourth-order valence-corrected chi connectivity index (χ4v) is 6.66. The Morgan fingerprint density at radius 2 is 1.97 bits per heavy atom. The molecule has 1 aliphatic heterocycles. The molecule has 168 valence electrons. The molecule has 1 fully saturated rings. The lowest BCUT2D eigenvalue weighted by Gasteiger charge is -2.33. The van der Waals surface area contributed by atoms with E-state index in [0.29, 0.717) is 31.0 Å². The minimum Gasteiger partial charge on any atom is -0.355 e. The molecule has 0 saturated carbocycles. The Hall–Kier alpha value is -1.66. The Kier molecular flexibility index (Phi) is 6.87. The van der Waals surface area contributed by atoms with Crippen molar-refractivity contribution in [3.8, 4) is 0 Å². The fourth-order valence-electron chi connectivity index (χ4n) is 4.78. The molecule has 2 amide bonds. The van der Waals surface area contributed by atoms with Crippen LogP contribution in [-0.4, -0.2) is 36.3 Å². The number of aryl methyl sites for hydroxylation is 1. The third-order valence-electron chi connectivity index (χ3n) is 6.92. The van der Waals surface area contributed by atoms with Crippen LogP contribution < -0.4 is 5.32 Å². The molecule has 4 nitrogen and oxygen atoms in total. The van der Waals surface area contributed by atoms with Crippen molar-refractivity contribution in [2.45, 2.75) is 59.3 Å². The zero-order valence-corrected chi connectivity index (χ0v) is 20.5. The molecule has 6 heteroatoms. The highest BCUT2D eigenvalue weighted by molar-refractivity contribution is 7.14. The number of nitrogens with one attached hydrogen (secondary N) is 1. The van der Waals surface area contributed by atoms with Gasteiger partial charge >= 0.3 is 0 Å². The van der Waals surface area contributed by atoms with Crippen molar-refractivity contribution in [2.24, 2.45) is 17.3 Å². The molecule has 31 heavy (non-hydrogen) atoms. The van der Waals surface area contributed by atoms with E-state index >= 15 is 0 Å². The maximum absolute atomic E-state index is 13.1. The normalized spacial score (nSPS) is 19.8. The number of piperidine rings is 1. The topological polar surface area (TPSA) is 49.4 Å². The van der Waals surface area contributed by atoms with E-state index in [9.17, 15) is 9.59 Å². The van der Waals surface area contributed by atoms with Gasteiger partial charge in [0.15, 0.2) is 0 Å². The molecule has 1 atom stereocenters. The number of likely N-dealkylation sites (tertiary alicyclic amines) is 1. The van der Waals surface area contributed by atoms with E-state index in [1.165, 1.54) is 21.7 Å². The Bertz CT molecular complexity index is 903. The van der Waals surface area contributed by atoms with Gasteiger partial charge in [0.2, 0.25) is 5.91 Å². The second kappa shape index (κ2) is 9.45. The summed E-state index contributed by atoms with van der Waals surface area (Å²) >= 11 is 3.43. The molecular weight excluding hydrogens is 424 g/mol. The molecule has 1 aliphatic carbocycles. The Morgan fingerprint density at radius 1 is 1.19 bits per heavy atom. The van der Waals surface area contributed by atoms with Crippen molar-refractivity contribution >= 4 is 34.5 Å². The van der Waals surface area contributed by atoms with Crippen LogP contribution in [0.25, 0.3) is 0 Å². The largest absolute Gasteiger partial charge is 0.355 e. The Morgan fingerprint density at radius 3 is 2.65 bits per heavy atom. The van der Waals surface area contributed by atoms with Gasteiger partial charge in [0, 0.05) is 35.3 Å². The van der Waals surface area contributed by atoms with Crippen LogP contribution in [0.2, 0.25) is 0 Å². The van der Waals surface area contributed by atoms with Crippen molar-refractivity contribution < 1.29 is 9.59 Å². The highest BCUT2D eigenvalue weighted by atomic mass is 32.1. The van der Waals surface area contributed by atoms with Gasteiger partial charge < -0.3 is 10.2 Å². The van der Waals surface area contributed by atoms with Crippen LogP contribution in [0.5, 0.6) is 0 Å². The molecule has 0 radical (unpaired) electrons. The van der Waals surface area contributed by atoms with E-state index in [-0.39, 0.29) is 17.7 Å². The van der Waals surface area contributed by atoms with Crippen LogP contribution in [0.3, 0.4) is 0 Å². The molecule has 3 heterocycles. The molecule has 2 aromatic rings. The van der Waals surface area contributed by atoms with Crippen LogP contribution in [0.1, 0.15) is 65.0 Å². The first-order valence-electron chi connectivity index (χ1n) is 11.5. The molecule has 0 spiro atoms. The second-order valence-corrected chi connectivity index (χ2v) is 12.2. The summed E-state index contributed by atoms with van der Waals surface area (Å²) in [7, 11) is 0. The first-order chi connectivity index (χ1) is 14.8. The number of fused-ring (bicyclic) bond motifs is 1. The maximum Gasteiger partial charge on any atom is 0.263 e. The minimum absolute atomic E-state index is 0.0245. The summed E-state index contributed by atoms with van der Waals surface area (Å²) in [6.07, 6.45) is 5.82. The van der Waals surface area contributed by atoms with E-state index in [1.807, 2.05) is 11.0 Å². The third-order valence-corrected chi connectivity index (χ3v) is 9.08. The van der Waals surface area contributed by atoms with Crippen molar-refractivity contribution in [3.05, 3.63) is 43.8 Å². The van der Waals surface area contributed by atoms with E-state index in [1.54, 1.807) is 22.7 Å². The number of thiophene rings is 2. The fraction of sp³-hybridized carbons (Fsp3) is 0.600. The summed E-state index contributed by atoms with van der Waals surface area (Å²) in [5, 5.41) is 5.15. The molecule has 2 aliphatic rings. The molecule has 1 N–H and O–H groups in total. The standard InChI is InChI=1S/C25H34N2O2S2/c1-25(2,3)19-6-7-21-18(15-19)16-22(31-21)24(29)27-12-9-17(10-13-27)23(28)26-11-8-20-5-4-14-30-20/h4-5,14,16-17,19H,6-13,15H2,1-3H3,(H,26,28). The molecule has 0 aromatic carbocycles. The van der Waals surface area contributed by atoms with Crippen molar-refractivity contribution in [2.75, 3.05) is 19.6 Å². The number of amides is 2. The van der Waals surface area contributed by atoms with Gasteiger partial charge in [-0.2, -0.15) is 0 Å². The molecule has 2 aromatic heterocycles. The average Bonchev–Trinajstić information content (AvgIpc) is 3.41. The zero-order chi connectivity index (χ0) is 22.0. The molecule has 1 unspecified atom stereocenters. The average molecular weight is 459 g/mol. The van der Waals surface area contributed by atoms with Crippen LogP contribution in [0.4, 0.5) is 0 Å². The van der Waals surface area contributed by atoms with Crippen molar-refractivity contribution in [1.82, 2.24) is 10.2 Å². The Labute approximate surface area is 194 Å². The van der Waals surface area contributed by atoms with Gasteiger partial charge in [-0.25, -0.2) is 0 Å². The monoisotopic (exact) mass is 458 g/mol. The molecule has 4 rings (SSSR count). The van der Waals surface area contributed by atoms with Crippen LogP contribution >= 0.6 is 22.7 Å². The van der Waals surface area contributed by atoms with Gasteiger partial charge in [0.05, 0.1) is 4.88 Å². The highest BCUT2D eigenvalue weighted by Crippen LogP contribution is 2.40. The quantitative estimate of drug-likeness (QED) is 0.672. The summed E-state index contributed by atoms with van der Waals surface area (Å²) < 4.78 is 0. The summed E-state index contributed by atoms with van der Waals surface area (Å²) in [6, 6.07) is 6.30. The predicted octanol–water partition coefficient (Wildman–Crippen LogP) is 5.17. The van der Waals surface area contributed by atoms with Crippen molar-refractivity contribution in [3.63, 3.8) is 0 Å². The van der Waals surface area contributed by atoms with Gasteiger partial charge in [0.1, 0.15) is 0 Å². The van der Waals surface area contributed by atoms with E-state index in [0.717, 1.165) is 37.0 Å². The highest BCUT2D eigenvalue weighted by Gasteiger charge is 2.32. The molecule has 1 saturated heterocycles.